The molecular formula is C16H27FN2O2. The van der Waals surface area contributed by atoms with Crippen LogP contribution in [0.2, 0.25) is 0 Å². The van der Waals surface area contributed by atoms with Crippen molar-refractivity contribution in [3.8, 4) is 0 Å². The molecule has 0 aliphatic rings. The number of methoxy groups -OCH3 is 2. The number of anilines is 1. The second-order valence-corrected chi connectivity index (χ2v) is 5.25. The Morgan fingerprint density at radius 3 is 2.29 bits per heavy atom. The first-order valence-corrected chi connectivity index (χ1v) is 7.33. The molecular weight excluding hydrogens is 271 g/mol. The van der Waals surface area contributed by atoms with Crippen molar-refractivity contribution >= 4 is 5.69 Å². The Morgan fingerprint density at radius 1 is 1.14 bits per heavy atom. The van der Waals surface area contributed by atoms with Crippen LogP contribution in [0.1, 0.15) is 19.4 Å². The van der Waals surface area contributed by atoms with E-state index in [1.807, 2.05) is 19.9 Å². The van der Waals surface area contributed by atoms with Crippen molar-refractivity contribution in [1.29, 1.82) is 0 Å². The zero-order chi connectivity index (χ0) is 15.7. The van der Waals surface area contributed by atoms with Crippen molar-refractivity contribution < 1.29 is 13.9 Å². The molecule has 0 unspecified atom stereocenters. The highest BCUT2D eigenvalue weighted by Crippen LogP contribution is 2.23. The first kappa shape index (κ1) is 17.9. The molecule has 0 heterocycles. The van der Waals surface area contributed by atoms with Gasteiger partial charge in [0, 0.05) is 51.1 Å². The number of benzene rings is 1. The Labute approximate surface area is 127 Å². The quantitative estimate of drug-likeness (QED) is 0.719. The van der Waals surface area contributed by atoms with E-state index in [4.69, 9.17) is 9.47 Å². The normalized spacial score (nSPS) is 11.1. The van der Waals surface area contributed by atoms with Crippen molar-refractivity contribution in [1.82, 2.24) is 5.32 Å². The molecule has 0 saturated carbocycles. The van der Waals surface area contributed by atoms with Crippen LogP contribution in [0.25, 0.3) is 0 Å². The average Bonchev–Trinajstić information content (AvgIpc) is 2.46. The van der Waals surface area contributed by atoms with E-state index in [1.165, 1.54) is 6.07 Å². The second kappa shape index (κ2) is 9.71. The molecule has 0 spiro atoms. The predicted molar refractivity (Wildman–Crippen MR) is 84.3 cm³/mol. The molecule has 5 heteroatoms. The summed E-state index contributed by atoms with van der Waals surface area (Å²) < 4.78 is 24.5. The van der Waals surface area contributed by atoms with E-state index in [2.05, 4.69) is 10.2 Å². The van der Waals surface area contributed by atoms with E-state index in [-0.39, 0.29) is 5.82 Å². The Kier molecular flexibility index (Phi) is 8.27. The first-order chi connectivity index (χ1) is 10.1. The van der Waals surface area contributed by atoms with E-state index in [0.717, 1.165) is 5.69 Å². The van der Waals surface area contributed by atoms with Crippen LogP contribution < -0.4 is 10.2 Å². The number of halogens is 1. The van der Waals surface area contributed by atoms with Gasteiger partial charge in [0.05, 0.1) is 13.2 Å². The predicted octanol–water partition coefficient (Wildman–Crippen LogP) is 2.42. The number of nitrogens with one attached hydrogen (secondary N) is 1. The maximum Gasteiger partial charge on any atom is 0.129 e. The fourth-order valence-corrected chi connectivity index (χ4v) is 2.08. The number of rotatable bonds is 10. The van der Waals surface area contributed by atoms with Crippen LogP contribution in [0, 0.1) is 5.82 Å². The standard InChI is InChI=1S/C16H27FN2O2/c1-13(2)18-12-14-15(17)6-5-7-16(14)19(8-10-20-3)9-11-21-4/h5-7,13,18H,8-12H2,1-4H3. The summed E-state index contributed by atoms with van der Waals surface area (Å²) in [6, 6.07) is 5.51. The largest absolute Gasteiger partial charge is 0.383 e. The topological polar surface area (TPSA) is 33.7 Å². The van der Waals surface area contributed by atoms with Gasteiger partial charge in [0.2, 0.25) is 0 Å². The van der Waals surface area contributed by atoms with Crippen LogP contribution in [0.4, 0.5) is 10.1 Å². The third kappa shape index (κ3) is 5.99. The maximum atomic E-state index is 14.2. The Balaban J connectivity index is 2.95. The van der Waals surface area contributed by atoms with Gasteiger partial charge in [-0.25, -0.2) is 4.39 Å². The van der Waals surface area contributed by atoms with Gasteiger partial charge in [0.15, 0.2) is 0 Å². The van der Waals surface area contributed by atoms with Crippen molar-refractivity contribution in [3.05, 3.63) is 29.6 Å². The van der Waals surface area contributed by atoms with Crippen molar-refractivity contribution in [2.75, 3.05) is 45.4 Å². The lowest BCUT2D eigenvalue weighted by atomic mass is 10.1. The summed E-state index contributed by atoms with van der Waals surface area (Å²) in [7, 11) is 3.34. The summed E-state index contributed by atoms with van der Waals surface area (Å²) in [5.41, 5.74) is 1.59. The van der Waals surface area contributed by atoms with Crippen molar-refractivity contribution in [3.63, 3.8) is 0 Å². The van der Waals surface area contributed by atoms with Gasteiger partial charge >= 0.3 is 0 Å². The van der Waals surface area contributed by atoms with Gasteiger partial charge in [-0.15, -0.1) is 0 Å². The zero-order valence-electron chi connectivity index (χ0n) is 13.5. The molecule has 0 radical (unpaired) electrons. The highest BCUT2D eigenvalue weighted by atomic mass is 19.1. The smallest absolute Gasteiger partial charge is 0.129 e. The summed E-state index contributed by atoms with van der Waals surface area (Å²) in [6.07, 6.45) is 0. The van der Waals surface area contributed by atoms with Crippen LogP contribution >= 0.6 is 0 Å². The molecule has 0 aliphatic carbocycles. The third-order valence-electron chi connectivity index (χ3n) is 3.25. The van der Waals surface area contributed by atoms with Crippen molar-refractivity contribution in [2.45, 2.75) is 26.4 Å². The lowest BCUT2D eigenvalue weighted by Gasteiger charge is -2.27. The average molecular weight is 298 g/mol. The summed E-state index contributed by atoms with van der Waals surface area (Å²) >= 11 is 0. The van der Waals surface area contributed by atoms with Gasteiger partial charge in [0.1, 0.15) is 5.82 Å². The number of nitrogens with zero attached hydrogens (tertiary/aromatic N) is 1. The molecule has 21 heavy (non-hydrogen) atoms. The maximum absolute atomic E-state index is 14.2. The highest BCUT2D eigenvalue weighted by molar-refractivity contribution is 5.54. The van der Waals surface area contributed by atoms with Crippen LogP contribution in [0.15, 0.2) is 18.2 Å². The molecule has 1 aromatic rings. The monoisotopic (exact) mass is 298 g/mol. The van der Waals surface area contributed by atoms with Gasteiger partial charge in [-0.2, -0.15) is 0 Å². The van der Waals surface area contributed by atoms with Crippen LogP contribution in [-0.4, -0.2) is 46.6 Å². The van der Waals surface area contributed by atoms with E-state index >= 15 is 0 Å². The van der Waals surface area contributed by atoms with Crippen LogP contribution in [0.5, 0.6) is 0 Å². The van der Waals surface area contributed by atoms with Gasteiger partial charge in [-0.3, -0.25) is 0 Å². The fraction of sp³-hybridized carbons (Fsp3) is 0.625. The van der Waals surface area contributed by atoms with Gasteiger partial charge in [-0.05, 0) is 12.1 Å². The molecule has 0 amide bonds. The van der Waals surface area contributed by atoms with Crippen LogP contribution in [0.3, 0.4) is 0 Å². The number of ether oxygens (including phenoxy) is 2. The van der Waals surface area contributed by atoms with E-state index in [9.17, 15) is 4.39 Å². The summed E-state index contributed by atoms with van der Waals surface area (Å²) in [5.74, 6) is -0.180. The molecule has 1 N–H and O–H groups in total. The van der Waals surface area contributed by atoms with Crippen LogP contribution in [-0.2, 0) is 16.0 Å². The number of hydrogen-bond donors (Lipinski definition) is 1. The minimum Gasteiger partial charge on any atom is -0.383 e. The molecule has 0 bridgehead atoms. The SMILES string of the molecule is COCCN(CCOC)c1cccc(F)c1CNC(C)C. The minimum absolute atomic E-state index is 0.180. The highest BCUT2D eigenvalue weighted by Gasteiger charge is 2.14. The van der Waals surface area contributed by atoms with E-state index in [0.29, 0.717) is 44.5 Å². The summed E-state index contributed by atoms with van der Waals surface area (Å²) in [4.78, 5) is 2.10. The summed E-state index contributed by atoms with van der Waals surface area (Å²) in [5, 5.41) is 3.28. The fourth-order valence-electron chi connectivity index (χ4n) is 2.08. The minimum atomic E-state index is -0.180. The third-order valence-corrected chi connectivity index (χ3v) is 3.25. The second-order valence-electron chi connectivity index (χ2n) is 5.25. The van der Waals surface area contributed by atoms with Gasteiger partial charge in [-0.1, -0.05) is 19.9 Å². The lowest BCUT2D eigenvalue weighted by Crippen LogP contribution is -2.33. The molecule has 0 atom stereocenters. The number of hydrogen-bond acceptors (Lipinski definition) is 4. The van der Waals surface area contributed by atoms with Gasteiger partial charge in [0.25, 0.3) is 0 Å². The van der Waals surface area contributed by atoms with Gasteiger partial charge < -0.3 is 19.7 Å². The molecule has 1 aromatic carbocycles. The Morgan fingerprint density at radius 2 is 1.76 bits per heavy atom. The lowest BCUT2D eigenvalue weighted by molar-refractivity contribution is 0.190. The first-order valence-electron chi connectivity index (χ1n) is 7.33. The molecule has 0 aromatic heterocycles. The molecule has 0 fully saturated rings. The molecule has 4 nitrogen and oxygen atoms in total. The summed E-state index contributed by atoms with van der Waals surface area (Å²) in [6.45, 7) is 7.21. The Bertz CT molecular complexity index is 405. The van der Waals surface area contributed by atoms with E-state index < -0.39 is 0 Å². The zero-order valence-corrected chi connectivity index (χ0v) is 13.5. The molecule has 0 saturated heterocycles. The van der Waals surface area contributed by atoms with E-state index in [1.54, 1.807) is 20.3 Å². The molecule has 1 rings (SSSR count). The Hall–Kier alpha value is -1.17. The molecule has 120 valence electrons. The van der Waals surface area contributed by atoms with Crippen molar-refractivity contribution in [2.24, 2.45) is 0 Å². The molecule has 0 aliphatic heterocycles.